The topological polar surface area (TPSA) is 73.9 Å². The number of nitrogens with zero attached hydrogens (tertiary/aromatic N) is 2. The zero-order valence-corrected chi connectivity index (χ0v) is 13.1. The third kappa shape index (κ3) is 6.57. The van der Waals surface area contributed by atoms with Gasteiger partial charge in [-0.2, -0.15) is 0 Å². The van der Waals surface area contributed by atoms with E-state index in [1.165, 1.54) is 32.1 Å². The minimum atomic E-state index is 0.309. The van der Waals surface area contributed by atoms with Gasteiger partial charge in [0.25, 0.3) is 0 Å². The Morgan fingerprint density at radius 1 is 1.40 bits per heavy atom. The largest absolute Gasteiger partial charge is 0.409 e. The molecule has 1 unspecified atom stereocenters. The third-order valence-electron chi connectivity index (χ3n) is 4.40. The van der Waals surface area contributed by atoms with Gasteiger partial charge in [-0.3, -0.25) is 0 Å². The van der Waals surface area contributed by atoms with Crippen molar-refractivity contribution in [2.75, 3.05) is 20.1 Å². The minimum absolute atomic E-state index is 0.309. The summed E-state index contributed by atoms with van der Waals surface area (Å²) in [5, 5.41) is 15.1. The van der Waals surface area contributed by atoms with E-state index in [0.29, 0.717) is 18.3 Å². The van der Waals surface area contributed by atoms with Crippen LogP contribution in [0.2, 0.25) is 0 Å². The summed E-state index contributed by atoms with van der Waals surface area (Å²) in [6.45, 7) is 4.27. The summed E-state index contributed by atoms with van der Waals surface area (Å²) in [7, 11) is 2.25. The molecule has 0 aromatic heterocycles. The second-order valence-electron chi connectivity index (χ2n) is 5.98. The number of amidine groups is 1. The van der Waals surface area contributed by atoms with Gasteiger partial charge < -0.3 is 21.2 Å². The Morgan fingerprint density at radius 3 is 2.70 bits per heavy atom. The molecule has 1 atom stereocenters. The van der Waals surface area contributed by atoms with Crippen molar-refractivity contribution in [3.05, 3.63) is 0 Å². The lowest BCUT2D eigenvalue weighted by Crippen LogP contribution is -2.37. The predicted molar refractivity (Wildman–Crippen MR) is 84.2 cm³/mol. The van der Waals surface area contributed by atoms with Crippen LogP contribution >= 0.6 is 0 Å². The van der Waals surface area contributed by atoms with E-state index in [1.54, 1.807) is 0 Å². The number of hydrogen-bond donors (Lipinski definition) is 3. The van der Waals surface area contributed by atoms with Crippen LogP contribution in [0.3, 0.4) is 0 Å². The highest BCUT2D eigenvalue weighted by atomic mass is 16.4. The van der Waals surface area contributed by atoms with Crippen molar-refractivity contribution < 1.29 is 5.21 Å². The first-order chi connectivity index (χ1) is 9.67. The fraction of sp³-hybridized carbons (Fsp3) is 0.933. The summed E-state index contributed by atoms with van der Waals surface area (Å²) in [6, 6.07) is 1.11. The summed E-state index contributed by atoms with van der Waals surface area (Å²) >= 11 is 0. The Balaban J connectivity index is 2.13. The Hall–Kier alpha value is -0.810. The standard InChI is InChI=1S/C15H32N4O/c1-3-13(12-15(16)18-20)17-10-7-11-19(2)14-8-5-4-6-9-14/h13-14,17,20H,3-12H2,1-2H3,(H2,16,18). The second kappa shape index (κ2) is 10.00. The van der Waals surface area contributed by atoms with Crippen LogP contribution in [0.4, 0.5) is 0 Å². The molecule has 5 nitrogen and oxygen atoms in total. The van der Waals surface area contributed by atoms with E-state index in [1.807, 2.05) is 0 Å². The van der Waals surface area contributed by atoms with Gasteiger partial charge in [0, 0.05) is 18.5 Å². The van der Waals surface area contributed by atoms with Gasteiger partial charge in [0.15, 0.2) is 0 Å². The van der Waals surface area contributed by atoms with Gasteiger partial charge in [0.05, 0.1) is 0 Å². The summed E-state index contributed by atoms with van der Waals surface area (Å²) in [4.78, 5) is 2.52. The molecule has 1 rings (SSSR count). The van der Waals surface area contributed by atoms with Gasteiger partial charge in [-0.05, 0) is 45.8 Å². The van der Waals surface area contributed by atoms with Crippen molar-refractivity contribution in [2.45, 2.75) is 70.4 Å². The van der Waals surface area contributed by atoms with Crippen LogP contribution in [0, 0.1) is 0 Å². The molecular weight excluding hydrogens is 252 g/mol. The molecule has 0 radical (unpaired) electrons. The molecular formula is C15H32N4O. The first-order valence-corrected chi connectivity index (χ1v) is 8.07. The molecule has 0 spiro atoms. The number of nitrogens with two attached hydrogens (primary N) is 1. The average molecular weight is 284 g/mol. The van der Waals surface area contributed by atoms with Crippen molar-refractivity contribution in [3.63, 3.8) is 0 Å². The molecule has 0 bridgehead atoms. The number of nitrogens with one attached hydrogen (secondary N) is 1. The summed E-state index contributed by atoms with van der Waals surface area (Å²) in [5.41, 5.74) is 5.55. The third-order valence-corrected chi connectivity index (χ3v) is 4.40. The monoisotopic (exact) mass is 284 g/mol. The van der Waals surface area contributed by atoms with E-state index < -0.39 is 0 Å². The molecule has 5 heteroatoms. The zero-order valence-electron chi connectivity index (χ0n) is 13.1. The van der Waals surface area contributed by atoms with Gasteiger partial charge in [0.1, 0.15) is 5.84 Å². The molecule has 0 aromatic rings. The maximum atomic E-state index is 8.60. The van der Waals surface area contributed by atoms with E-state index >= 15 is 0 Å². The van der Waals surface area contributed by atoms with Crippen molar-refractivity contribution >= 4 is 5.84 Å². The van der Waals surface area contributed by atoms with Gasteiger partial charge in [-0.1, -0.05) is 31.3 Å². The maximum Gasteiger partial charge on any atom is 0.140 e. The second-order valence-corrected chi connectivity index (χ2v) is 5.98. The Bertz CT molecular complexity index is 277. The van der Waals surface area contributed by atoms with Crippen LogP contribution < -0.4 is 11.1 Å². The van der Waals surface area contributed by atoms with Crippen molar-refractivity contribution in [2.24, 2.45) is 10.9 Å². The lowest BCUT2D eigenvalue weighted by atomic mass is 9.94. The molecule has 0 aromatic carbocycles. The van der Waals surface area contributed by atoms with E-state index in [-0.39, 0.29) is 0 Å². The lowest BCUT2D eigenvalue weighted by molar-refractivity contribution is 0.189. The molecule has 1 saturated carbocycles. The maximum absolute atomic E-state index is 8.60. The molecule has 0 amide bonds. The average Bonchev–Trinajstić information content (AvgIpc) is 2.50. The quantitative estimate of drug-likeness (QED) is 0.199. The molecule has 1 aliphatic carbocycles. The highest BCUT2D eigenvalue weighted by molar-refractivity contribution is 5.80. The minimum Gasteiger partial charge on any atom is -0.409 e. The molecule has 118 valence electrons. The number of hydrogen-bond acceptors (Lipinski definition) is 4. The van der Waals surface area contributed by atoms with Crippen LogP contribution in [0.5, 0.6) is 0 Å². The number of oxime groups is 1. The number of rotatable bonds is 9. The first kappa shape index (κ1) is 17.2. The van der Waals surface area contributed by atoms with E-state index in [4.69, 9.17) is 10.9 Å². The molecule has 20 heavy (non-hydrogen) atoms. The van der Waals surface area contributed by atoms with Crippen LogP contribution in [-0.4, -0.2) is 48.2 Å². The highest BCUT2D eigenvalue weighted by Gasteiger charge is 2.17. The van der Waals surface area contributed by atoms with Gasteiger partial charge in [-0.15, -0.1) is 0 Å². The SMILES string of the molecule is CCC(CC(N)=NO)NCCCN(C)C1CCCCC1. The van der Waals surface area contributed by atoms with Crippen molar-refractivity contribution in [1.29, 1.82) is 0 Å². The Labute approximate surface area is 123 Å². The zero-order chi connectivity index (χ0) is 14.8. The normalized spacial score (nSPS) is 19.4. The Kier molecular flexibility index (Phi) is 8.62. The smallest absolute Gasteiger partial charge is 0.140 e. The molecule has 1 fully saturated rings. The van der Waals surface area contributed by atoms with Crippen LogP contribution in [0.1, 0.15) is 58.3 Å². The van der Waals surface area contributed by atoms with Crippen molar-refractivity contribution in [3.8, 4) is 0 Å². The molecule has 4 N–H and O–H groups in total. The van der Waals surface area contributed by atoms with Gasteiger partial charge >= 0.3 is 0 Å². The van der Waals surface area contributed by atoms with E-state index in [9.17, 15) is 0 Å². The molecule has 0 aliphatic heterocycles. The van der Waals surface area contributed by atoms with Crippen molar-refractivity contribution in [1.82, 2.24) is 10.2 Å². The predicted octanol–water partition coefficient (Wildman–Crippen LogP) is 2.15. The Morgan fingerprint density at radius 2 is 2.10 bits per heavy atom. The van der Waals surface area contributed by atoms with Gasteiger partial charge in [0.2, 0.25) is 0 Å². The fourth-order valence-electron chi connectivity index (χ4n) is 2.99. The summed E-state index contributed by atoms with van der Waals surface area (Å²) < 4.78 is 0. The van der Waals surface area contributed by atoms with Crippen LogP contribution in [-0.2, 0) is 0 Å². The van der Waals surface area contributed by atoms with Gasteiger partial charge in [-0.25, -0.2) is 0 Å². The van der Waals surface area contributed by atoms with Crippen LogP contribution in [0.15, 0.2) is 5.16 Å². The molecule has 0 heterocycles. The van der Waals surface area contributed by atoms with Crippen LogP contribution in [0.25, 0.3) is 0 Å². The first-order valence-electron chi connectivity index (χ1n) is 8.07. The van der Waals surface area contributed by atoms with E-state index in [0.717, 1.165) is 32.0 Å². The molecule has 1 aliphatic rings. The summed E-state index contributed by atoms with van der Waals surface area (Å²) in [5.74, 6) is 0.309. The fourth-order valence-corrected chi connectivity index (χ4v) is 2.99. The van der Waals surface area contributed by atoms with E-state index in [2.05, 4.69) is 29.3 Å². The lowest BCUT2D eigenvalue weighted by Gasteiger charge is -2.31. The summed E-state index contributed by atoms with van der Waals surface area (Å²) in [6.07, 6.45) is 9.70. The molecule has 0 saturated heterocycles. The highest BCUT2D eigenvalue weighted by Crippen LogP contribution is 2.21.